The predicted molar refractivity (Wildman–Crippen MR) is 104 cm³/mol. The Morgan fingerprint density at radius 3 is 2.70 bits per heavy atom. The predicted octanol–water partition coefficient (Wildman–Crippen LogP) is 2.88. The summed E-state index contributed by atoms with van der Waals surface area (Å²) in [6.07, 6.45) is 12.1. The van der Waals surface area contributed by atoms with E-state index in [1.807, 2.05) is 17.2 Å². The average molecular weight is 367 g/mol. The van der Waals surface area contributed by atoms with Crippen LogP contribution in [0.5, 0.6) is 0 Å². The molecule has 2 aliphatic rings. The van der Waals surface area contributed by atoms with Gasteiger partial charge >= 0.3 is 0 Å². The summed E-state index contributed by atoms with van der Waals surface area (Å²) in [4.78, 5) is 25.6. The number of hydrogen-bond acceptors (Lipinski definition) is 4. The molecule has 1 atom stereocenters. The molecule has 2 fully saturated rings. The number of carbonyl (C=O) groups excluding carboxylic acids is 1. The van der Waals surface area contributed by atoms with Crippen LogP contribution in [0.3, 0.4) is 0 Å². The van der Waals surface area contributed by atoms with Gasteiger partial charge in [-0.1, -0.05) is 0 Å². The first kappa shape index (κ1) is 18.2. The molecular formula is C21H29N5O. The second kappa shape index (κ2) is 8.65. The van der Waals surface area contributed by atoms with Crippen molar-refractivity contribution < 1.29 is 4.79 Å². The van der Waals surface area contributed by atoms with E-state index in [2.05, 4.69) is 31.6 Å². The van der Waals surface area contributed by atoms with Gasteiger partial charge in [-0.2, -0.15) is 0 Å². The van der Waals surface area contributed by atoms with Crippen molar-refractivity contribution in [3.8, 4) is 5.95 Å². The summed E-state index contributed by atoms with van der Waals surface area (Å²) in [5.41, 5.74) is 1.22. The number of rotatable bonds is 6. The largest absolute Gasteiger partial charge is 0.343 e. The fourth-order valence-corrected chi connectivity index (χ4v) is 4.37. The van der Waals surface area contributed by atoms with Crippen molar-refractivity contribution in [1.29, 1.82) is 0 Å². The molecular weight excluding hydrogens is 338 g/mol. The summed E-state index contributed by atoms with van der Waals surface area (Å²) in [6.45, 7) is 5.04. The van der Waals surface area contributed by atoms with Gasteiger partial charge in [0, 0.05) is 56.9 Å². The summed E-state index contributed by atoms with van der Waals surface area (Å²) in [6, 6.07) is 6.05. The molecule has 0 radical (unpaired) electrons. The molecule has 0 saturated carbocycles. The van der Waals surface area contributed by atoms with E-state index in [1.54, 1.807) is 12.4 Å². The van der Waals surface area contributed by atoms with Gasteiger partial charge in [-0.15, -0.1) is 0 Å². The van der Waals surface area contributed by atoms with Gasteiger partial charge in [-0.05, 0) is 62.8 Å². The third kappa shape index (κ3) is 4.56. The van der Waals surface area contributed by atoms with Crippen molar-refractivity contribution in [1.82, 2.24) is 24.3 Å². The summed E-state index contributed by atoms with van der Waals surface area (Å²) in [5, 5.41) is 0. The standard InChI is InChI=1S/C21H29N5O/c27-20(25-13-1-2-14-25)9-8-18-6-3-12-24(16-18)17-19-7-4-15-26(19)21-22-10-5-11-23-21/h4-5,7,10-11,15,18H,1-3,6,8-9,12-14,16-17H2. The van der Waals surface area contributed by atoms with Crippen LogP contribution in [0.4, 0.5) is 0 Å². The molecule has 144 valence electrons. The molecule has 1 amide bonds. The number of aromatic nitrogens is 3. The van der Waals surface area contributed by atoms with Crippen LogP contribution in [0, 0.1) is 5.92 Å². The SMILES string of the molecule is O=C(CCC1CCCN(Cc2cccn2-c2ncccn2)C1)N1CCCC1. The molecule has 0 N–H and O–H groups in total. The Bertz CT molecular complexity index is 738. The van der Waals surface area contributed by atoms with Gasteiger partial charge in [0.2, 0.25) is 11.9 Å². The van der Waals surface area contributed by atoms with Crippen LogP contribution in [0.1, 0.15) is 44.2 Å². The quantitative estimate of drug-likeness (QED) is 0.788. The van der Waals surface area contributed by atoms with Gasteiger partial charge in [0.15, 0.2) is 0 Å². The molecule has 1 unspecified atom stereocenters. The minimum Gasteiger partial charge on any atom is -0.343 e. The number of carbonyl (C=O) groups is 1. The highest BCUT2D eigenvalue weighted by Gasteiger charge is 2.23. The van der Waals surface area contributed by atoms with Crippen LogP contribution in [-0.4, -0.2) is 56.4 Å². The molecule has 2 aromatic heterocycles. The first-order valence-corrected chi connectivity index (χ1v) is 10.2. The number of nitrogens with zero attached hydrogens (tertiary/aromatic N) is 5. The topological polar surface area (TPSA) is 54.3 Å². The molecule has 27 heavy (non-hydrogen) atoms. The Morgan fingerprint density at radius 2 is 1.89 bits per heavy atom. The van der Waals surface area contributed by atoms with Crippen molar-refractivity contribution in [2.24, 2.45) is 5.92 Å². The first-order chi connectivity index (χ1) is 13.3. The highest BCUT2D eigenvalue weighted by Crippen LogP contribution is 2.24. The Hall–Kier alpha value is -2.21. The normalized spacial score (nSPS) is 20.9. The lowest BCUT2D eigenvalue weighted by atomic mass is 9.93. The molecule has 6 heteroatoms. The third-order valence-electron chi connectivity index (χ3n) is 5.81. The van der Waals surface area contributed by atoms with Crippen LogP contribution in [0.15, 0.2) is 36.8 Å². The van der Waals surface area contributed by atoms with Crippen LogP contribution in [0.2, 0.25) is 0 Å². The fraction of sp³-hybridized carbons (Fsp3) is 0.571. The van der Waals surface area contributed by atoms with Crippen LogP contribution in [-0.2, 0) is 11.3 Å². The van der Waals surface area contributed by atoms with E-state index in [0.717, 1.165) is 45.1 Å². The van der Waals surface area contributed by atoms with Crippen molar-refractivity contribution in [2.75, 3.05) is 26.2 Å². The first-order valence-electron chi connectivity index (χ1n) is 10.2. The lowest BCUT2D eigenvalue weighted by Gasteiger charge is -2.33. The average Bonchev–Trinajstić information content (AvgIpc) is 3.39. The van der Waals surface area contributed by atoms with E-state index in [4.69, 9.17) is 0 Å². The molecule has 6 nitrogen and oxygen atoms in total. The van der Waals surface area contributed by atoms with E-state index in [-0.39, 0.29) is 0 Å². The molecule has 4 rings (SSSR count). The minimum atomic E-state index is 0.361. The van der Waals surface area contributed by atoms with Gasteiger partial charge in [-0.3, -0.25) is 14.3 Å². The van der Waals surface area contributed by atoms with Crippen LogP contribution < -0.4 is 0 Å². The number of amides is 1. The highest BCUT2D eigenvalue weighted by atomic mass is 16.2. The van der Waals surface area contributed by atoms with E-state index in [0.29, 0.717) is 18.2 Å². The maximum Gasteiger partial charge on any atom is 0.233 e. The maximum absolute atomic E-state index is 12.3. The van der Waals surface area contributed by atoms with Crippen molar-refractivity contribution >= 4 is 5.91 Å². The second-order valence-electron chi connectivity index (χ2n) is 7.79. The Kier molecular flexibility index (Phi) is 5.82. The molecule has 2 saturated heterocycles. The van der Waals surface area contributed by atoms with Gasteiger partial charge in [0.05, 0.1) is 0 Å². The monoisotopic (exact) mass is 367 g/mol. The number of piperidine rings is 1. The number of hydrogen-bond donors (Lipinski definition) is 0. The van der Waals surface area contributed by atoms with Crippen molar-refractivity contribution in [2.45, 2.75) is 45.1 Å². The minimum absolute atomic E-state index is 0.361. The number of likely N-dealkylation sites (tertiary alicyclic amines) is 2. The van der Waals surface area contributed by atoms with Crippen molar-refractivity contribution in [3.05, 3.63) is 42.5 Å². The van der Waals surface area contributed by atoms with Crippen molar-refractivity contribution in [3.63, 3.8) is 0 Å². The van der Waals surface area contributed by atoms with Gasteiger partial charge in [0.25, 0.3) is 0 Å². The Labute approximate surface area is 161 Å². The lowest BCUT2D eigenvalue weighted by Crippen LogP contribution is -2.36. The Balaban J connectivity index is 1.31. The van der Waals surface area contributed by atoms with E-state index in [9.17, 15) is 4.79 Å². The summed E-state index contributed by atoms with van der Waals surface area (Å²) < 4.78 is 2.07. The summed E-state index contributed by atoms with van der Waals surface area (Å²) in [7, 11) is 0. The molecule has 0 aromatic carbocycles. The molecule has 2 aromatic rings. The molecule has 4 heterocycles. The summed E-state index contributed by atoms with van der Waals surface area (Å²) >= 11 is 0. The van der Waals surface area contributed by atoms with Gasteiger partial charge in [0.1, 0.15) is 0 Å². The summed E-state index contributed by atoms with van der Waals surface area (Å²) in [5.74, 6) is 1.71. The zero-order valence-corrected chi connectivity index (χ0v) is 16.0. The Morgan fingerprint density at radius 1 is 1.07 bits per heavy atom. The van der Waals surface area contributed by atoms with Gasteiger partial charge in [-0.25, -0.2) is 9.97 Å². The molecule has 0 bridgehead atoms. The molecule has 0 aliphatic carbocycles. The van der Waals surface area contributed by atoms with Crippen LogP contribution >= 0.6 is 0 Å². The molecule has 0 spiro atoms. The lowest BCUT2D eigenvalue weighted by molar-refractivity contribution is -0.130. The van der Waals surface area contributed by atoms with E-state index in [1.165, 1.54) is 31.4 Å². The maximum atomic E-state index is 12.3. The fourth-order valence-electron chi connectivity index (χ4n) is 4.37. The second-order valence-corrected chi connectivity index (χ2v) is 7.79. The third-order valence-corrected chi connectivity index (χ3v) is 5.81. The van der Waals surface area contributed by atoms with E-state index < -0.39 is 0 Å². The van der Waals surface area contributed by atoms with Crippen LogP contribution in [0.25, 0.3) is 5.95 Å². The highest BCUT2D eigenvalue weighted by molar-refractivity contribution is 5.76. The van der Waals surface area contributed by atoms with E-state index >= 15 is 0 Å². The smallest absolute Gasteiger partial charge is 0.233 e. The van der Waals surface area contributed by atoms with Gasteiger partial charge < -0.3 is 4.90 Å². The molecule has 2 aliphatic heterocycles. The zero-order valence-electron chi connectivity index (χ0n) is 16.0. The zero-order chi connectivity index (χ0) is 18.5.